The molecule has 7 heteroatoms. The van der Waals surface area contributed by atoms with Crippen molar-refractivity contribution in [1.29, 1.82) is 0 Å². The molecule has 0 aliphatic heterocycles. The van der Waals surface area contributed by atoms with Crippen molar-refractivity contribution in [3.8, 4) is 17.1 Å². The van der Waals surface area contributed by atoms with Crippen molar-refractivity contribution in [2.45, 2.75) is 0 Å². The Morgan fingerprint density at radius 1 is 1.04 bits per heavy atom. The lowest BCUT2D eigenvalue weighted by Gasteiger charge is -2.05. The highest BCUT2D eigenvalue weighted by atomic mass is 19.1. The van der Waals surface area contributed by atoms with Gasteiger partial charge in [0.05, 0.1) is 11.8 Å². The Labute approximate surface area is 147 Å². The molecule has 26 heavy (non-hydrogen) atoms. The SMILES string of the molecule is O=C(COc1ccccc1F)N/N=C\c1ccc(-c2ccccc2F)o1. The lowest BCUT2D eigenvalue weighted by Crippen LogP contribution is -2.24. The largest absolute Gasteiger partial charge is 0.481 e. The number of hydrazone groups is 1. The smallest absolute Gasteiger partial charge is 0.277 e. The van der Waals surface area contributed by atoms with Crippen LogP contribution < -0.4 is 10.2 Å². The minimum atomic E-state index is -0.564. The molecule has 1 heterocycles. The number of amides is 1. The number of furan rings is 1. The Bertz CT molecular complexity index is 938. The van der Waals surface area contributed by atoms with Crippen LogP contribution in [0, 0.1) is 11.6 Å². The Kier molecular flexibility index (Phi) is 5.38. The minimum Gasteiger partial charge on any atom is -0.481 e. The number of ether oxygens (including phenoxy) is 1. The summed E-state index contributed by atoms with van der Waals surface area (Å²) in [5, 5.41) is 3.72. The summed E-state index contributed by atoms with van der Waals surface area (Å²) < 4.78 is 37.6. The van der Waals surface area contributed by atoms with Crippen LogP contribution in [0.1, 0.15) is 5.76 Å². The number of halogens is 2. The summed E-state index contributed by atoms with van der Waals surface area (Å²) >= 11 is 0. The van der Waals surface area contributed by atoms with Crippen molar-refractivity contribution in [2.24, 2.45) is 5.10 Å². The van der Waals surface area contributed by atoms with Gasteiger partial charge in [-0.15, -0.1) is 0 Å². The first-order valence-corrected chi connectivity index (χ1v) is 7.67. The molecule has 1 N–H and O–H groups in total. The zero-order chi connectivity index (χ0) is 18.4. The predicted molar refractivity (Wildman–Crippen MR) is 91.7 cm³/mol. The number of rotatable bonds is 6. The second-order valence-corrected chi connectivity index (χ2v) is 5.19. The molecule has 0 bridgehead atoms. The van der Waals surface area contributed by atoms with E-state index in [0.717, 1.165) is 0 Å². The normalized spacial score (nSPS) is 10.8. The molecule has 0 aliphatic rings. The van der Waals surface area contributed by atoms with E-state index in [1.165, 1.54) is 30.5 Å². The predicted octanol–water partition coefficient (Wildman–Crippen LogP) is 3.75. The summed E-state index contributed by atoms with van der Waals surface area (Å²) in [5.41, 5.74) is 2.56. The molecular formula is C19H14F2N2O3. The number of benzene rings is 2. The lowest BCUT2D eigenvalue weighted by atomic mass is 10.1. The van der Waals surface area contributed by atoms with E-state index in [4.69, 9.17) is 9.15 Å². The quantitative estimate of drug-likeness (QED) is 0.540. The van der Waals surface area contributed by atoms with E-state index in [-0.39, 0.29) is 5.75 Å². The van der Waals surface area contributed by atoms with Gasteiger partial charge < -0.3 is 9.15 Å². The van der Waals surface area contributed by atoms with E-state index >= 15 is 0 Å². The molecule has 0 aliphatic carbocycles. The minimum absolute atomic E-state index is 0.0211. The number of hydrogen-bond acceptors (Lipinski definition) is 4. The molecule has 0 radical (unpaired) electrons. The maximum atomic E-state index is 13.7. The van der Waals surface area contributed by atoms with Crippen molar-refractivity contribution in [3.05, 3.63) is 78.1 Å². The molecular weight excluding hydrogens is 342 g/mol. The third-order valence-corrected chi connectivity index (χ3v) is 3.34. The summed E-state index contributed by atoms with van der Waals surface area (Å²) in [7, 11) is 0. The number of carbonyl (C=O) groups is 1. The van der Waals surface area contributed by atoms with Gasteiger partial charge in [0.2, 0.25) is 0 Å². The summed E-state index contributed by atoms with van der Waals surface area (Å²) in [5.74, 6) is -0.862. The molecule has 0 spiro atoms. The Morgan fingerprint density at radius 3 is 2.54 bits per heavy atom. The van der Waals surface area contributed by atoms with Crippen molar-refractivity contribution < 1.29 is 22.7 Å². The van der Waals surface area contributed by atoms with E-state index < -0.39 is 24.1 Å². The Balaban J connectivity index is 1.53. The van der Waals surface area contributed by atoms with Crippen LogP contribution in [-0.2, 0) is 4.79 Å². The second-order valence-electron chi connectivity index (χ2n) is 5.19. The average Bonchev–Trinajstić information content (AvgIpc) is 3.10. The van der Waals surface area contributed by atoms with Gasteiger partial charge in [-0.1, -0.05) is 24.3 Å². The summed E-state index contributed by atoms with van der Waals surface area (Å²) in [6.45, 7) is -0.392. The molecule has 0 fully saturated rings. The molecule has 5 nitrogen and oxygen atoms in total. The highest BCUT2D eigenvalue weighted by Crippen LogP contribution is 2.24. The van der Waals surface area contributed by atoms with Crippen molar-refractivity contribution in [1.82, 2.24) is 5.43 Å². The van der Waals surface area contributed by atoms with Gasteiger partial charge in [0.1, 0.15) is 17.3 Å². The highest BCUT2D eigenvalue weighted by Gasteiger charge is 2.08. The van der Waals surface area contributed by atoms with Gasteiger partial charge in [0, 0.05) is 0 Å². The topological polar surface area (TPSA) is 63.8 Å². The first-order chi connectivity index (χ1) is 12.6. The molecule has 0 unspecified atom stereocenters. The van der Waals surface area contributed by atoms with Crippen molar-refractivity contribution >= 4 is 12.1 Å². The highest BCUT2D eigenvalue weighted by molar-refractivity contribution is 5.81. The Hall–Kier alpha value is -3.48. The van der Waals surface area contributed by atoms with Gasteiger partial charge >= 0.3 is 0 Å². The summed E-state index contributed by atoms with van der Waals surface area (Å²) in [4.78, 5) is 11.6. The second kappa shape index (κ2) is 8.06. The van der Waals surface area contributed by atoms with E-state index in [9.17, 15) is 13.6 Å². The molecule has 1 aromatic heterocycles. The molecule has 3 aromatic rings. The molecule has 0 saturated heterocycles. The van der Waals surface area contributed by atoms with Gasteiger partial charge in [-0.3, -0.25) is 4.79 Å². The van der Waals surface area contributed by atoms with Gasteiger partial charge in [0.25, 0.3) is 5.91 Å². The zero-order valence-corrected chi connectivity index (χ0v) is 13.5. The summed E-state index contributed by atoms with van der Waals surface area (Å²) in [6.07, 6.45) is 1.27. The molecule has 132 valence electrons. The van der Waals surface area contributed by atoms with E-state index in [1.807, 2.05) is 0 Å². The Morgan fingerprint density at radius 2 is 1.77 bits per heavy atom. The van der Waals surface area contributed by atoms with E-state index in [0.29, 0.717) is 17.1 Å². The number of carbonyl (C=O) groups excluding carboxylic acids is 1. The van der Waals surface area contributed by atoms with Crippen LogP contribution in [0.4, 0.5) is 8.78 Å². The number of para-hydroxylation sites is 1. The van der Waals surface area contributed by atoms with Crippen LogP contribution in [0.25, 0.3) is 11.3 Å². The van der Waals surface area contributed by atoms with Gasteiger partial charge in [0.15, 0.2) is 18.2 Å². The first-order valence-electron chi connectivity index (χ1n) is 7.67. The number of hydrogen-bond donors (Lipinski definition) is 1. The fraction of sp³-hybridized carbons (Fsp3) is 0.0526. The molecule has 1 amide bonds. The van der Waals surface area contributed by atoms with Gasteiger partial charge in [-0.05, 0) is 36.4 Å². The average molecular weight is 356 g/mol. The number of nitrogens with zero attached hydrogens (tertiary/aromatic N) is 1. The van der Waals surface area contributed by atoms with E-state index in [1.54, 1.807) is 36.4 Å². The third kappa shape index (κ3) is 4.32. The van der Waals surface area contributed by atoms with Crippen LogP contribution >= 0.6 is 0 Å². The van der Waals surface area contributed by atoms with Crippen molar-refractivity contribution in [2.75, 3.05) is 6.61 Å². The maximum Gasteiger partial charge on any atom is 0.277 e. The molecule has 2 aromatic carbocycles. The lowest BCUT2D eigenvalue weighted by molar-refractivity contribution is -0.123. The van der Waals surface area contributed by atoms with Crippen LogP contribution in [-0.4, -0.2) is 18.7 Å². The van der Waals surface area contributed by atoms with Gasteiger partial charge in [-0.2, -0.15) is 5.10 Å². The van der Waals surface area contributed by atoms with Gasteiger partial charge in [-0.25, -0.2) is 14.2 Å². The van der Waals surface area contributed by atoms with Crippen molar-refractivity contribution in [3.63, 3.8) is 0 Å². The maximum absolute atomic E-state index is 13.7. The van der Waals surface area contributed by atoms with Crippen LogP contribution in [0.5, 0.6) is 5.75 Å². The fourth-order valence-corrected chi connectivity index (χ4v) is 2.13. The third-order valence-electron chi connectivity index (χ3n) is 3.34. The number of nitrogens with one attached hydrogen (secondary N) is 1. The standard InChI is InChI=1S/C19H14F2N2O3/c20-15-6-2-1-5-14(15)17-10-9-13(26-17)11-22-23-19(24)12-25-18-8-4-3-7-16(18)21/h1-11H,12H2,(H,23,24)/b22-11-. The first kappa shape index (κ1) is 17.3. The van der Waals surface area contributed by atoms with Crippen LogP contribution in [0.2, 0.25) is 0 Å². The van der Waals surface area contributed by atoms with Crippen LogP contribution in [0.15, 0.2) is 70.2 Å². The van der Waals surface area contributed by atoms with Crippen LogP contribution in [0.3, 0.4) is 0 Å². The molecule has 3 rings (SSSR count). The molecule has 0 atom stereocenters. The zero-order valence-electron chi connectivity index (χ0n) is 13.5. The monoisotopic (exact) mass is 356 g/mol. The van der Waals surface area contributed by atoms with E-state index in [2.05, 4.69) is 10.5 Å². The summed E-state index contributed by atoms with van der Waals surface area (Å²) in [6, 6.07) is 15.2. The fourth-order valence-electron chi connectivity index (χ4n) is 2.13. The molecule has 0 saturated carbocycles.